The lowest BCUT2D eigenvalue weighted by Gasteiger charge is -2.10. The minimum absolute atomic E-state index is 0.00728. The summed E-state index contributed by atoms with van der Waals surface area (Å²) in [7, 11) is 1.61. The van der Waals surface area contributed by atoms with Crippen molar-refractivity contribution in [3.63, 3.8) is 0 Å². The molecule has 0 fully saturated rings. The Bertz CT molecular complexity index is 784. The van der Waals surface area contributed by atoms with Crippen LogP contribution in [0.1, 0.15) is 5.56 Å². The summed E-state index contributed by atoms with van der Waals surface area (Å²) in [5, 5.41) is 4.13. The molecule has 1 aromatic heterocycles. The fourth-order valence-corrected chi connectivity index (χ4v) is 2.21. The molecule has 0 atom stereocenters. The van der Waals surface area contributed by atoms with Crippen LogP contribution in [-0.4, -0.2) is 9.78 Å². The van der Waals surface area contributed by atoms with Gasteiger partial charge in [-0.3, -0.25) is 0 Å². The Balaban J connectivity index is 1.91. The van der Waals surface area contributed by atoms with Gasteiger partial charge in [0.1, 0.15) is 18.1 Å². The van der Waals surface area contributed by atoms with Crippen LogP contribution in [0.5, 0.6) is 5.75 Å². The number of aryl methyl sites for hydroxylation is 1. The predicted octanol–water partition coefficient (Wildman–Crippen LogP) is 3.39. The summed E-state index contributed by atoms with van der Waals surface area (Å²) in [6.07, 6.45) is 0. The summed E-state index contributed by atoms with van der Waals surface area (Å²) in [5.41, 5.74) is 7.46. The third-order valence-electron chi connectivity index (χ3n) is 3.41. The highest BCUT2D eigenvalue weighted by Crippen LogP contribution is 2.32. The molecular weight excluding hydrogens is 281 g/mol. The van der Waals surface area contributed by atoms with Gasteiger partial charge in [-0.05, 0) is 17.7 Å². The molecule has 0 amide bonds. The molecular formula is C17H16FN3O. The van der Waals surface area contributed by atoms with Crippen LogP contribution in [0, 0.1) is 5.82 Å². The number of nitrogens with zero attached hydrogens (tertiary/aromatic N) is 2. The molecule has 22 heavy (non-hydrogen) atoms. The topological polar surface area (TPSA) is 53.1 Å². The Morgan fingerprint density at radius 3 is 2.45 bits per heavy atom. The maximum absolute atomic E-state index is 14.2. The standard InChI is InChI=1S/C17H16FN3O/c1-21-17(19)15(18)16(20-21)13-9-5-6-10-14(13)22-11-12-7-3-2-4-8-12/h2-10H,11,19H2,1H3. The zero-order valence-corrected chi connectivity index (χ0v) is 12.2. The monoisotopic (exact) mass is 297 g/mol. The number of aromatic nitrogens is 2. The summed E-state index contributed by atoms with van der Waals surface area (Å²) in [6, 6.07) is 17.0. The zero-order chi connectivity index (χ0) is 15.5. The number of nitrogens with two attached hydrogens (primary N) is 1. The summed E-state index contributed by atoms with van der Waals surface area (Å²) >= 11 is 0. The van der Waals surface area contributed by atoms with Crippen molar-refractivity contribution in [1.82, 2.24) is 9.78 Å². The Kier molecular flexibility index (Phi) is 3.78. The first kappa shape index (κ1) is 14.1. The molecule has 0 radical (unpaired) electrons. The maximum Gasteiger partial charge on any atom is 0.192 e. The van der Waals surface area contributed by atoms with E-state index in [2.05, 4.69) is 5.10 Å². The second-order valence-electron chi connectivity index (χ2n) is 4.94. The lowest BCUT2D eigenvalue weighted by molar-refractivity contribution is 0.307. The number of rotatable bonds is 4. The molecule has 1 heterocycles. The molecule has 0 saturated carbocycles. The smallest absolute Gasteiger partial charge is 0.192 e. The van der Waals surface area contributed by atoms with Gasteiger partial charge in [0.05, 0.1) is 0 Å². The SMILES string of the molecule is Cn1nc(-c2ccccc2OCc2ccccc2)c(F)c1N. The van der Waals surface area contributed by atoms with E-state index in [9.17, 15) is 4.39 Å². The minimum Gasteiger partial charge on any atom is -0.488 e. The van der Waals surface area contributed by atoms with Crippen LogP contribution in [0.25, 0.3) is 11.3 Å². The van der Waals surface area contributed by atoms with Crippen molar-refractivity contribution in [1.29, 1.82) is 0 Å². The van der Waals surface area contributed by atoms with E-state index in [1.165, 1.54) is 4.68 Å². The van der Waals surface area contributed by atoms with Gasteiger partial charge in [0.15, 0.2) is 11.6 Å². The first-order chi connectivity index (χ1) is 10.7. The first-order valence-corrected chi connectivity index (χ1v) is 6.91. The van der Waals surface area contributed by atoms with Crippen LogP contribution in [0.3, 0.4) is 0 Å². The fourth-order valence-electron chi connectivity index (χ4n) is 2.21. The van der Waals surface area contributed by atoms with Crippen molar-refractivity contribution < 1.29 is 9.13 Å². The van der Waals surface area contributed by atoms with Crippen LogP contribution in [0.15, 0.2) is 54.6 Å². The average Bonchev–Trinajstić information content (AvgIpc) is 2.82. The second kappa shape index (κ2) is 5.89. The molecule has 0 unspecified atom stereocenters. The predicted molar refractivity (Wildman–Crippen MR) is 83.8 cm³/mol. The third-order valence-corrected chi connectivity index (χ3v) is 3.41. The normalized spacial score (nSPS) is 10.6. The molecule has 3 aromatic rings. The minimum atomic E-state index is -0.529. The number of nitrogen functional groups attached to an aromatic ring is 1. The first-order valence-electron chi connectivity index (χ1n) is 6.91. The van der Waals surface area contributed by atoms with Crippen molar-refractivity contribution in [2.45, 2.75) is 6.61 Å². The van der Waals surface area contributed by atoms with Crippen LogP contribution in [0.4, 0.5) is 10.2 Å². The quantitative estimate of drug-likeness (QED) is 0.803. The molecule has 2 N–H and O–H groups in total. The van der Waals surface area contributed by atoms with Gasteiger partial charge >= 0.3 is 0 Å². The molecule has 0 bridgehead atoms. The molecule has 0 saturated heterocycles. The number of benzene rings is 2. The van der Waals surface area contributed by atoms with Gasteiger partial charge in [-0.15, -0.1) is 0 Å². The number of hydrogen-bond acceptors (Lipinski definition) is 3. The molecule has 0 aliphatic heterocycles. The van der Waals surface area contributed by atoms with E-state index >= 15 is 0 Å². The number of anilines is 1. The highest BCUT2D eigenvalue weighted by molar-refractivity contribution is 5.70. The number of para-hydroxylation sites is 1. The van der Waals surface area contributed by atoms with Gasteiger partial charge < -0.3 is 10.5 Å². The van der Waals surface area contributed by atoms with Crippen LogP contribution >= 0.6 is 0 Å². The van der Waals surface area contributed by atoms with Gasteiger partial charge in [0.2, 0.25) is 0 Å². The Morgan fingerprint density at radius 2 is 1.77 bits per heavy atom. The van der Waals surface area contributed by atoms with Gasteiger partial charge in [0, 0.05) is 12.6 Å². The van der Waals surface area contributed by atoms with E-state index < -0.39 is 5.82 Å². The Morgan fingerprint density at radius 1 is 1.09 bits per heavy atom. The fraction of sp³-hybridized carbons (Fsp3) is 0.118. The van der Waals surface area contributed by atoms with E-state index in [0.29, 0.717) is 17.9 Å². The van der Waals surface area contributed by atoms with Crippen LogP contribution < -0.4 is 10.5 Å². The van der Waals surface area contributed by atoms with E-state index in [4.69, 9.17) is 10.5 Å². The van der Waals surface area contributed by atoms with Crippen molar-refractivity contribution >= 4 is 5.82 Å². The van der Waals surface area contributed by atoms with Gasteiger partial charge in [-0.1, -0.05) is 42.5 Å². The maximum atomic E-state index is 14.2. The summed E-state index contributed by atoms with van der Waals surface area (Å²) in [5.74, 6) is 0.0504. The molecule has 0 aliphatic rings. The largest absolute Gasteiger partial charge is 0.488 e. The van der Waals surface area contributed by atoms with Crippen LogP contribution in [-0.2, 0) is 13.7 Å². The molecule has 112 valence electrons. The summed E-state index contributed by atoms with van der Waals surface area (Å²) in [6.45, 7) is 0.405. The van der Waals surface area contributed by atoms with Crippen LogP contribution in [0.2, 0.25) is 0 Å². The highest BCUT2D eigenvalue weighted by atomic mass is 19.1. The highest BCUT2D eigenvalue weighted by Gasteiger charge is 2.18. The molecule has 5 heteroatoms. The Labute approximate surface area is 128 Å². The Hall–Kier alpha value is -2.82. The second-order valence-corrected chi connectivity index (χ2v) is 4.94. The average molecular weight is 297 g/mol. The van der Waals surface area contributed by atoms with Gasteiger partial charge in [-0.25, -0.2) is 9.07 Å². The van der Waals surface area contributed by atoms with Gasteiger partial charge in [0.25, 0.3) is 0 Å². The summed E-state index contributed by atoms with van der Waals surface area (Å²) in [4.78, 5) is 0. The number of halogens is 1. The van der Waals surface area contributed by atoms with E-state index in [1.54, 1.807) is 19.2 Å². The molecule has 0 spiro atoms. The van der Waals surface area contributed by atoms with Gasteiger partial charge in [-0.2, -0.15) is 5.10 Å². The molecule has 3 rings (SSSR count). The van der Waals surface area contributed by atoms with Crippen molar-refractivity contribution in [3.8, 4) is 17.0 Å². The lowest BCUT2D eigenvalue weighted by atomic mass is 10.1. The van der Waals surface area contributed by atoms with Crippen molar-refractivity contribution in [2.24, 2.45) is 7.05 Å². The third kappa shape index (κ3) is 2.65. The molecule has 0 aliphatic carbocycles. The molecule has 4 nitrogen and oxygen atoms in total. The van der Waals surface area contributed by atoms with E-state index in [-0.39, 0.29) is 11.5 Å². The lowest BCUT2D eigenvalue weighted by Crippen LogP contribution is -1.98. The zero-order valence-electron chi connectivity index (χ0n) is 12.2. The van der Waals surface area contributed by atoms with E-state index in [0.717, 1.165) is 5.56 Å². The number of hydrogen-bond donors (Lipinski definition) is 1. The number of ether oxygens (including phenoxy) is 1. The van der Waals surface area contributed by atoms with Crippen molar-refractivity contribution in [2.75, 3.05) is 5.73 Å². The van der Waals surface area contributed by atoms with E-state index in [1.807, 2.05) is 42.5 Å². The van der Waals surface area contributed by atoms with Crippen molar-refractivity contribution in [3.05, 3.63) is 66.0 Å². The summed E-state index contributed by atoms with van der Waals surface area (Å²) < 4.78 is 21.3. The molecule has 2 aromatic carbocycles.